The molecule has 5 aromatic rings. The van der Waals surface area contributed by atoms with Crippen molar-refractivity contribution in [2.24, 2.45) is 0 Å². The topological polar surface area (TPSA) is 37.8 Å². The van der Waals surface area contributed by atoms with Crippen LogP contribution in [-0.4, -0.2) is 15.5 Å². The second-order valence-corrected chi connectivity index (χ2v) is 14.0. The molecule has 0 saturated heterocycles. The molecule has 5 rings (SSSR count). The highest BCUT2D eigenvalue weighted by atomic mass is 15.0. The molecule has 242 valence electrons. The minimum atomic E-state index is 0.0787. The van der Waals surface area contributed by atoms with E-state index >= 15 is 0 Å². The van der Waals surface area contributed by atoms with E-state index in [0.29, 0.717) is 5.92 Å². The minimum Gasteiger partial charge on any atom is -0.305 e. The first-order valence-corrected chi connectivity index (χ1v) is 16.7. The molecule has 0 aliphatic rings. The maximum atomic E-state index is 4.43. The molecule has 2 unspecified atom stereocenters. The van der Waals surface area contributed by atoms with E-state index < -0.39 is 0 Å². The third-order valence-corrected chi connectivity index (χ3v) is 7.76. The quantitative estimate of drug-likeness (QED) is 0.189. The summed E-state index contributed by atoms with van der Waals surface area (Å²) in [4.78, 5) is 8.78. The van der Waals surface area contributed by atoms with Gasteiger partial charge in [-0.3, -0.25) is 9.97 Å². The predicted octanol–water partition coefficient (Wildman–Crippen LogP) is 10.7. The Hall–Kier alpha value is -4.08. The molecule has 3 nitrogen and oxygen atoms in total. The molecular formula is C43H55N3. The number of aryl methyl sites for hydroxylation is 1. The summed E-state index contributed by atoms with van der Waals surface area (Å²) < 4.78 is 0. The normalized spacial score (nSPS) is 12.5. The van der Waals surface area contributed by atoms with Crippen LogP contribution >= 0.6 is 0 Å². The third kappa shape index (κ3) is 13.1. The van der Waals surface area contributed by atoms with Crippen molar-refractivity contribution in [1.82, 2.24) is 15.3 Å². The maximum Gasteiger partial charge on any atom is 0.0422 e. The van der Waals surface area contributed by atoms with Crippen molar-refractivity contribution in [1.29, 1.82) is 0 Å². The van der Waals surface area contributed by atoms with Gasteiger partial charge in [0.05, 0.1) is 0 Å². The molecular weight excluding hydrogens is 558 g/mol. The van der Waals surface area contributed by atoms with Gasteiger partial charge in [0.15, 0.2) is 0 Å². The largest absolute Gasteiger partial charge is 0.305 e. The Morgan fingerprint density at radius 1 is 0.565 bits per heavy atom. The molecule has 1 N–H and O–H groups in total. The zero-order valence-corrected chi connectivity index (χ0v) is 29.4. The van der Waals surface area contributed by atoms with Gasteiger partial charge >= 0.3 is 0 Å². The molecule has 0 amide bonds. The smallest absolute Gasteiger partial charge is 0.0422 e. The van der Waals surface area contributed by atoms with Crippen molar-refractivity contribution >= 4 is 0 Å². The van der Waals surface area contributed by atoms with Crippen molar-refractivity contribution in [3.63, 3.8) is 0 Å². The van der Waals surface area contributed by atoms with Crippen LogP contribution in [0.25, 0.3) is 0 Å². The Morgan fingerprint density at radius 2 is 1.04 bits per heavy atom. The van der Waals surface area contributed by atoms with Crippen LogP contribution in [0.2, 0.25) is 0 Å². The van der Waals surface area contributed by atoms with Gasteiger partial charge in [-0.25, -0.2) is 0 Å². The van der Waals surface area contributed by atoms with E-state index in [1.807, 2.05) is 36.7 Å². The van der Waals surface area contributed by atoms with Crippen LogP contribution in [0.5, 0.6) is 0 Å². The van der Waals surface area contributed by atoms with Crippen LogP contribution < -0.4 is 5.32 Å². The van der Waals surface area contributed by atoms with E-state index in [0.717, 1.165) is 30.7 Å². The number of aromatic nitrogens is 2. The van der Waals surface area contributed by atoms with Crippen LogP contribution in [0.1, 0.15) is 101 Å². The second kappa shape index (κ2) is 18.2. The van der Waals surface area contributed by atoms with Gasteiger partial charge in [-0.15, -0.1) is 0 Å². The zero-order valence-electron chi connectivity index (χ0n) is 29.4. The molecule has 0 aliphatic heterocycles. The summed E-state index contributed by atoms with van der Waals surface area (Å²) in [6, 6.07) is 42.3. The molecule has 0 fully saturated rings. The molecule has 46 heavy (non-hydrogen) atoms. The molecule has 0 spiro atoms. The average Bonchev–Trinajstić information content (AvgIpc) is 3.06. The average molecular weight is 614 g/mol. The van der Waals surface area contributed by atoms with Crippen molar-refractivity contribution in [3.8, 4) is 0 Å². The highest BCUT2D eigenvalue weighted by molar-refractivity contribution is 5.32. The van der Waals surface area contributed by atoms with Crippen molar-refractivity contribution in [3.05, 3.63) is 167 Å². The van der Waals surface area contributed by atoms with Crippen molar-refractivity contribution in [2.75, 3.05) is 0 Å². The lowest BCUT2D eigenvalue weighted by Gasteiger charge is -2.29. The number of hydrogen-bond donors (Lipinski definition) is 1. The number of rotatable bonds is 8. The van der Waals surface area contributed by atoms with Crippen LogP contribution in [-0.2, 0) is 24.7 Å². The molecule has 3 heteroatoms. The highest BCUT2D eigenvalue weighted by Crippen LogP contribution is 2.26. The van der Waals surface area contributed by atoms with E-state index in [9.17, 15) is 0 Å². The summed E-state index contributed by atoms with van der Waals surface area (Å²) in [5.41, 5.74) is 8.28. The minimum absolute atomic E-state index is 0.0787. The fourth-order valence-electron chi connectivity index (χ4n) is 5.48. The summed E-state index contributed by atoms with van der Waals surface area (Å²) >= 11 is 0. The Balaban J connectivity index is 0.000000193. The van der Waals surface area contributed by atoms with E-state index in [4.69, 9.17) is 0 Å². The SMILES string of the molecule is CC(C)(C)NC(Cc1ccccn1)c1ccccc1.CC(Cc1ccccn1)c1ccccc1.CCc1ccccc1C(C)(C)C. The first-order valence-electron chi connectivity index (χ1n) is 16.7. The number of hydrogen-bond acceptors (Lipinski definition) is 3. The van der Waals surface area contributed by atoms with Gasteiger partial charge in [0, 0.05) is 41.8 Å². The molecule has 0 radical (unpaired) electrons. The van der Waals surface area contributed by atoms with Gasteiger partial charge in [0.2, 0.25) is 0 Å². The fourth-order valence-corrected chi connectivity index (χ4v) is 5.48. The first-order chi connectivity index (χ1) is 22.0. The molecule has 2 atom stereocenters. The fraction of sp³-hybridized carbons (Fsp3) is 0.349. The van der Waals surface area contributed by atoms with Gasteiger partial charge in [0.25, 0.3) is 0 Å². The van der Waals surface area contributed by atoms with Gasteiger partial charge in [-0.05, 0) is 91.5 Å². The Kier molecular flexibility index (Phi) is 14.4. The number of nitrogens with one attached hydrogen (secondary N) is 1. The van der Waals surface area contributed by atoms with Gasteiger partial charge in [-0.1, -0.05) is 132 Å². The molecule has 3 aromatic carbocycles. The summed E-state index contributed by atoms with van der Waals surface area (Å²) in [5.74, 6) is 0.529. The predicted molar refractivity (Wildman–Crippen MR) is 197 cm³/mol. The monoisotopic (exact) mass is 613 g/mol. The van der Waals surface area contributed by atoms with Crippen LogP contribution in [0, 0.1) is 0 Å². The number of nitrogens with zero attached hydrogens (tertiary/aromatic N) is 2. The van der Waals surface area contributed by atoms with Crippen molar-refractivity contribution in [2.45, 2.75) is 97.6 Å². The number of pyridine rings is 2. The standard InChI is InChI=1S/C17H22N2.C14H15N.C12H18/c1-17(2,3)19-16(14-9-5-4-6-10-14)13-15-11-7-8-12-18-15;1-12(13-7-3-2-4-8-13)11-14-9-5-6-10-15-14;1-5-10-8-6-7-9-11(10)12(2,3)4/h4-12,16,19H,13H2,1-3H3;2-10,12H,11H2,1H3;6-9H,5H2,1-4H3. The highest BCUT2D eigenvalue weighted by Gasteiger charge is 2.19. The van der Waals surface area contributed by atoms with Gasteiger partial charge in [-0.2, -0.15) is 0 Å². The van der Waals surface area contributed by atoms with Gasteiger partial charge < -0.3 is 5.32 Å². The van der Waals surface area contributed by atoms with Crippen LogP contribution in [0.15, 0.2) is 134 Å². The summed E-state index contributed by atoms with van der Waals surface area (Å²) in [7, 11) is 0. The van der Waals surface area contributed by atoms with Crippen molar-refractivity contribution < 1.29 is 0 Å². The Labute approximate surface area is 279 Å². The zero-order chi connectivity index (χ0) is 33.4. The van der Waals surface area contributed by atoms with Crippen LogP contribution in [0.4, 0.5) is 0 Å². The molecule has 0 bridgehead atoms. The molecule has 2 heterocycles. The number of benzene rings is 3. The Morgan fingerprint density at radius 3 is 1.50 bits per heavy atom. The van der Waals surface area contributed by atoms with E-state index in [1.165, 1.54) is 22.3 Å². The van der Waals surface area contributed by atoms with Crippen LogP contribution in [0.3, 0.4) is 0 Å². The lowest BCUT2D eigenvalue weighted by atomic mass is 9.83. The summed E-state index contributed by atoms with van der Waals surface area (Å²) in [5, 5.41) is 3.68. The second-order valence-electron chi connectivity index (χ2n) is 14.0. The molecule has 0 saturated carbocycles. The summed E-state index contributed by atoms with van der Waals surface area (Å²) in [6.45, 7) is 17.8. The molecule has 2 aromatic heterocycles. The first kappa shape index (κ1) is 36.4. The summed E-state index contributed by atoms with van der Waals surface area (Å²) in [6.07, 6.45) is 6.75. The van der Waals surface area contributed by atoms with E-state index in [1.54, 1.807) is 0 Å². The lowest BCUT2D eigenvalue weighted by molar-refractivity contribution is 0.360. The molecule has 0 aliphatic carbocycles. The third-order valence-electron chi connectivity index (χ3n) is 7.76. The maximum absolute atomic E-state index is 4.43. The Bertz CT molecular complexity index is 1500. The lowest BCUT2D eigenvalue weighted by Crippen LogP contribution is -2.39. The van der Waals surface area contributed by atoms with E-state index in [2.05, 4.69) is 168 Å². The van der Waals surface area contributed by atoms with E-state index in [-0.39, 0.29) is 17.0 Å². The van der Waals surface area contributed by atoms with Gasteiger partial charge in [0.1, 0.15) is 0 Å².